The molecule has 0 saturated heterocycles. The van der Waals surface area contributed by atoms with E-state index in [1.807, 2.05) is 14.1 Å². The van der Waals surface area contributed by atoms with Crippen LogP contribution in [0, 0.1) is 0 Å². The van der Waals surface area contributed by atoms with E-state index in [0.29, 0.717) is 12.8 Å². The molecule has 0 fully saturated rings. The molecule has 5 nitrogen and oxygen atoms in total. The molecule has 2 N–H and O–H groups in total. The minimum absolute atomic E-state index is 0.109. The number of hydrogen-bond donors (Lipinski definition) is 2. The number of rotatable bonds is 34. The molecule has 0 heterocycles. The molecule has 0 radical (unpaired) electrons. The summed E-state index contributed by atoms with van der Waals surface area (Å²) in [6, 6.07) is 0. The maximum atomic E-state index is 12.5. The lowest BCUT2D eigenvalue weighted by Gasteiger charge is -2.33. The fourth-order valence-corrected chi connectivity index (χ4v) is 6.18. The van der Waals surface area contributed by atoms with Crippen molar-refractivity contribution in [2.75, 3.05) is 27.2 Å². The predicted molar refractivity (Wildman–Crippen MR) is 184 cm³/mol. The van der Waals surface area contributed by atoms with Crippen LogP contribution in [-0.2, 0) is 9.59 Å². The molecule has 0 aromatic heterocycles. The van der Waals surface area contributed by atoms with Crippen molar-refractivity contribution in [1.82, 2.24) is 0 Å². The number of likely N-dealkylation sites (N-methyl/N-ethyl adjacent to an activating group) is 1. The van der Waals surface area contributed by atoms with Crippen LogP contribution in [-0.4, -0.2) is 65.7 Å². The first kappa shape index (κ1) is 42.2. The lowest BCUT2D eigenvalue weighted by molar-refractivity contribution is -0.894. The normalized spacial score (nSPS) is 13.3. The Morgan fingerprint density at radius 3 is 0.860 bits per heavy atom. The number of aliphatic hydroxyl groups is 2. The molecule has 0 spiro atoms. The van der Waals surface area contributed by atoms with Crippen molar-refractivity contribution in [1.29, 1.82) is 0 Å². The van der Waals surface area contributed by atoms with E-state index in [-0.39, 0.29) is 29.1 Å². The molecule has 0 aromatic rings. The number of hydrogen-bond acceptors (Lipinski definition) is 4. The zero-order valence-electron chi connectivity index (χ0n) is 29.5. The molecule has 0 aliphatic heterocycles. The highest BCUT2D eigenvalue weighted by atomic mass is 16.3. The molecule has 43 heavy (non-hydrogen) atoms. The van der Waals surface area contributed by atoms with Gasteiger partial charge in [-0.25, -0.2) is 0 Å². The first-order valence-corrected chi connectivity index (χ1v) is 19.0. The van der Waals surface area contributed by atoms with Gasteiger partial charge in [0, 0.05) is 12.8 Å². The zero-order chi connectivity index (χ0) is 32.0. The number of ketones is 2. The number of nitrogens with zero attached hydrogens (tertiary/aromatic N) is 1. The molecule has 2 unspecified atom stereocenters. The quantitative estimate of drug-likeness (QED) is 0.0562. The Morgan fingerprint density at radius 2 is 0.628 bits per heavy atom. The highest BCUT2D eigenvalue weighted by Crippen LogP contribution is 2.16. The molecule has 0 bridgehead atoms. The summed E-state index contributed by atoms with van der Waals surface area (Å²) in [6.45, 7) is 5.00. The minimum atomic E-state index is -1.03. The number of unbranched alkanes of at least 4 members (excludes halogenated alkanes) is 24. The lowest BCUT2D eigenvalue weighted by Crippen LogP contribution is -2.52. The van der Waals surface area contributed by atoms with Gasteiger partial charge in [-0.05, 0) is 12.8 Å². The topological polar surface area (TPSA) is 74.6 Å². The van der Waals surface area contributed by atoms with Crippen LogP contribution in [0.2, 0.25) is 0 Å². The molecule has 0 aromatic carbocycles. The van der Waals surface area contributed by atoms with Crippen molar-refractivity contribution in [3.05, 3.63) is 0 Å². The van der Waals surface area contributed by atoms with Gasteiger partial charge in [0.25, 0.3) is 0 Å². The van der Waals surface area contributed by atoms with Crippen molar-refractivity contribution < 1.29 is 24.3 Å². The molecule has 0 rings (SSSR count). The van der Waals surface area contributed by atoms with E-state index < -0.39 is 12.2 Å². The van der Waals surface area contributed by atoms with Crippen LogP contribution in [0.25, 0.3) is 0 Å². The molecular formula is C38H76NO4+. The van der Waals surface area contributed by atoms with Gasteiger partial charge < -0.3 is 14.7 Å². The third-order valence-corrected chi connectivity index (χ3v) is 9.13. The summed E-state index contributed by atoms with van der Waals surface area (Å²) < 4.78 is 0.261. The van der Waals surface area contributed by atoms with Crippen molar-refractivity contribution in [3.63, 3.8) is 0 Å². The summed E-state index contributed by atoms with van der Waals surface area (Å²) in [6.07, 6.45) is 31.7. The van der Waals surface area contributed by atoms with Crippen LogP contribution in [0.5, 0.6) is 0 Å². The summed E-state index contributed by atoms with van der Waals surface area (Å²) in [5.41, 5.74) is 0. The molecule has 256 valence electrons. The van der Waals surface area contributed by atoms with Crippen LogP contribution in [0.15, 0.2) is 0 Å². The summed E-state index contributed by atoms with van der Waals surface area (Å²) >= 11 is 0. The van der Waals surface area contributed by atoms with Gasteiger partial charge in [-0.3, -0.25) is 9.59 Å². The summed E-state index contributed by atoms with van der Waals surface area (Å²) in [5, 5.41) is 21.0. The molecule has 2 atom stereocenters. The van der Waals surface area contributed by atoms with E-state index in [4.69, 9.17) is 0 Å². The molecule has 0 aliphatic rings. The highest BCUT2D eigenvalue weighted by molar-refractivity contribution is 5.83. The molecule has 5 heteroatoms. The highest BCUT2D eigenvalue weighted by Gasteiger charge is 2.30. The Kier molecular flexibility index (Phi) is 29.4. The number of quaternary nitrogens is 1. The van der Waals surface area contributed by atoms with Crippen molar-refractivity contribution in [2.45, 2.75) is 206 Å². The van der Waals surface area contributed by atoms with E-state index in [2.05, 4.69) is 13.8 Å². The second-order valence-corrected chi connectivity index (χ2v) is 14.3. The summed E-state index contributed by atoms with van der Waals surface area (Å²) in [5.74, 6) is -0.218. The number of carbonyl (C=O) groups excluding carboxylic acids is 2. The third kappa shape index (κ3) is 28.4. The number of Topliss-reactive ketones (excluding diaryl/α,β-unsaturated/α-hetero) is 2. The van der Waals surface area contributed by atoms with E-state index in [9.17, 15) is 19.8 Å². The van der Waals surface area contributed by atoms with Gasteiger partial charge in [-0.15, -0.1) is 0 Å². The minimum Gasteiger partial charge on any atom is -0.380 e. The second-order valence-electron chi connectivity index (χ2n) is 14.3. The number of carbonyl (C=O) groups is 2. The summed E-state index contributed by atoms with van der Waals surface area (Å²) in [7, 11) is 3.76. The maximum Gasteiger partial charge on any atom is 0.167 e. The van der Waals surface area contributed by atoms with Gasteiger partial charge in [0.15, 0.2) is 23.8 Å². The number of aliphatic hydroxyl groups excluding tert-OH is 2. The molecule has 0 amide bonds. The largest absolute Gasteiger partial charge is 0.380 e. The maximum absolute atomic E-state index is 12.5. The van der Waals surface area contributed by atoms with Gasteiger partial charge in [0.05, 0.1) is 14.1 Å². The zero-order valence-corrected chi connectivity index (χ0v) is 29.5. The van der Waals surface area contributed by atoms with Crippen molar-refractivity contribution in [2.24, 2.45) is 0 Å². The standard InChI is InChI=1S/C38H76NO4/c1-5-7-9-11-13-15-17-19-21-23-25-27-29-31-35(40)37(42)33-39(3,4)34-38(43)36(41)32-30-28-26-24-22-20-18-16-14-12-10-8-6-2/h37-38,42-43H,5-34H2,1-4H3/q+1. The van der Waals surface area contributed by atoms with Crippen LogP contribution in [0.4, 0.5) is 0 Å². The average molecular weight is 611 g/mol. The summed E-state index contributed by atoms with van der Waals surface area (Å²) in [4.78, 5) is 25.0. The van der Waals surface area contributed by atoms with Crippen molar-refractivity contribution in [3.8, 4) is 0 Å². The first-order valence-electron chi connectivity index (χ1n) is 19.0. The first-order chi connectivity index (χ1) is 20.7. The van der Waals surface area contributed by atoms with Gasteiger partial charge in [0.1, 0.15) is 13.1 Å². The fraction of sp³-hybridized carbons (Fsp3) is 0.947. The third-order valence-electron chi connectivity index (χ3n) is 9.13. The Balaban J connectivity index is 3.80. The van der Waals surface area contributed by atoms with Crippen molar-refractivity contribution >= 4 is 11.6 Å². The van der Waals surface area contributed by atoms with Crippen LogP contribution >= 0.6 is 0 Å². The Labute approximate surface area is 268 Å². The average Bonchev–Trinajstić information content (AvgIpc) is 2.97. The van der Waals surface area contributed by atoms with Crippen LogP contribution in [0.1, 0.15) is 194 Å². The molecular weight excluding hydrogens is 534 g/mol. The Hall–Kier alpha value is -0.780. The van der Waals surface area contributed by atoms with Crippen LogP contribution < -0.4 is 0 Å². The smallest absolute Gasteiger partial charge is 0.167 e. The van der Waals surface area contributed by atoms with Gasteiger partial charge in [-0.2, -0.15) is 0 Å². The van der Waals surface area contributed by atoms with Gasteiger partial charge in [-0.1, -0.05) is 168 Å². The molecule has 0 aliphatic carbocycles. The van der Waals surface area contributed by atoms with E-state index in [1.165, 1.54) is 128 Å². The lowest BCUT2D eigenvalue weighted by atomic mass is 10.0. The predicted octanol–water partition coefficient (Wildman–Crippen LogP) is 9.89. The fourth-order valence-electron chi connectivity index (χ4n) is 6.18. The van der Waals surface area contributed by atoms with E-state index in [0.717, 1.165) is 38.5 Å². The van der Waals surface area contributed by atoms with Gasteiger partial charge >= 0.3 is 0 Å². The Bertz CT molecular complexity index is 583. The molecule has 0 saturated carbocycles. The van der Waals surface area contributed by atoms with Crippen LogP contribution in [0.3, 0.4) is 0 Å². The monoisotopic (exact) mass is 611 g/mol. The second kappa shape index (κ2) is 29.9. The SMILES string of the molecule is CCCCCCCCCCCCCCCC(=O)C(O)C[N+](C)(C)CC(O)C(=O)CCCCCCCCCCCCCCC. The van der Waals surface area contributed by atoms with E-state index >= 15 is 0 Å². The van der Waals surface area contributed by atoms with E-state index in [1.54, 1.807) is 0 Å². The van der Waals surface area contributed by atoms with Gasteiger partial charge in [0.2, 0.25) is 0 Å². The Morgan fingerprint density at radius 1 is 0.419 bits per heavy atom.